The van der Waals surface area contributed by atoms with Gasteiger partial charge in [-0.15, -0.1) is 5.10 Å². The van der Waals surface area contributed by atoms with E-state index in [-0.39, 0.29) is 6.54 Å². The molecule has 0 aliphatic heterocycles. The molecule has 0 bridgehead atoms. The van der Waals surface area contributed by atoms with E-state index < -0.39 is 11.6 Å². The van der Waals surface area contributed by atoms with E-state index in [1.807, 2.05) is 48.5 Å². The van der Waals surface area contributed by atoms with Gasteiger partial charge in [0.1, 0.15) is 23.1 Å². The van der Waals surface area contributed by atoms with Gasteiger partial charge in [-0.3, -0.25) is 4.79 Å². The first-order valence-corrected chi connectivity index (χ1v) is 11.5. The highest BCUT2D eigenvalue weighted by molar-refractivity contribution is 7.99. The fraction of sp³-hybridized carbons (Fsp3) is 0.120. The first kappa shape index (κ1) is 22.5. The number of fused-ring (bicyclic) bond motifs is 3. The number of nitrogens with zero attached hydrogens (tertiary/aromatic N) is 4. The fourth-order valence-electron chi connectivity index (χ4n) is 3.68. The van der Waals surface area contributed by atoms with E-state index in [9.17, 15) is 9.59 Å². The lowest BCUT2D eigenvalue weighted by Gasteiger charge is -2.11. The molecule has 0 radical (unpaired) electrons. The minimum Gasteiger partial charge on any atom is -0.497 e. The van der Waals surface area contributed by atoms with Gasteiger partial charge in [0.05, 0.1) is 30.9 Å². The lowest BCUT2D eigenvalue weighted by Crippen LogP contribution is -2.28. The maximum absolute atomic E-state index is 13.4. The number of aromatic nitrogens is 4. The molecule has 9 nitrogen and oxygen atoms in total. The van der Waals surface area contributed by atoms with Crippen molar-refractivity contribution in [3.63, 3.8) is 0 Å². The zero-order valence-corrected chi connectivity index (χ0v) is 19.8. The van der Waals surface area contributed by atoms with Crippen molar-refractivity contribution >= 4 is 40.0 Å². The molecule has 176 valence electrons. The van der Waals surface area contributed by atoms with Gasteiger partial charge in [0, 0.05) is 11.0 Å². The van der Waals surface area contributed by atoms with Crippen molar-refractivity contribution in [1.82, 2.24) is 19.2 Å². The number of nitrogens with one attached hydrogen (secondary N) is 1. The number of benzene rings is 3. The maximum atomic E-state index is 13.4. The van der Waals surface area contributed by atoms with E-state index in [1.54, 1.807) is 24.3 Å². The van der Waals surface area contributed by atoms with Gasteiger partial charge in [0.15, 0.2) is 5.65 Å². The molecule has 0 spiro atoms. The number of amides is 1. The number of rotatable bonds is 7. The summed E-state index contributed by atoms with van der Waals surface area (Å²) in [4.78, 5) is 31.9. The van der Waals surface area contributed by atoms with E-state index >= 15 is 0 Å². The van der Waals surface area contributed by atoms with Crippen LogP contribution in [0.25, 0.3) is 16.7 Å². The van der Waals surface area contributed by atoms with Crippen molar-refractivity contribution in [2.75, 3.05) is 19.5 Å². The Morgan fingerprint density at radius 1 is 1.00 bits per heavy atom. The average molecular weight is 488 g/mol. The van der Waals surface area contributed by atoms with Crippen LogP contribution in [0.15, 0.2) is 87.5 Å². The standard InChI is InChI=1S/C25H21N5O4S/c1-33-16-12-13-21(34-2)19(14-16)26-22(31)15-29-25(32)30-20-11-7-6-10-18(20)27-24(23(30)28-29)35-17-8-4-3-5-9-17/h3-14H,15H2,1-2H3,(H,26,31). The van der Waals surface area contributed by atoms with E-state index in [2.05, 4.69) is 10.4 Å². The van der Waals surface area contributed by atoms with Crippen LogP contribution in [0.1, 0.15) is 0 Å². The molecule has 0 aliphatic rings. The van der Waals surface area contributed by atoms with E-state index in [4.69, 9.17) is 14.5 Å². The van der Waals surface area contributed by atoms with Crippen LogP contribution in [0, 0.1) is 0 Å². The summed E-state index contributed by atoms with van der Waals surface area (Å²) in [6, 6.07) is 22.1. The summed E-state index contributed by atoms with van der Waals surface area (Å²) in [5, 5.41) is 7.83. The molecule has 0 aliphatic carbocycles. The van der Waals surface area contributed by atoms with Gasteiger partial charge in [-0.2, -0.15) is 0 Å². The summed E-state index contributed by atoms with van der Waals surface area (Å²) in [7, 11) is 3.04. The third kappa shape index (κ3) is 4.43. The summed E-state index contributed by atoms with van der Waals surface area (Å²) in [6.07, 6.45) is 0. The predicted molar refractivity (Wildman–Crippen MR) is 133 cm³/mol. The number of ether oxygens (including phenoxy) is 2. The van der Waals surface area contributed by atoms with Crippen LogP contribution in [-0.2, 0) is 11.3 Å². The summed E-state index contributed by atoms with van der Waals surface area (Å²) < 4.78 is 13.2. The van der Waals surface area contributed by atoms with Crippen molar-refractivity contribution in [3.8, 4) is 11.5 Å². The van der Waals surface area contributed by atoms with Crippen LogP contribution < -0.4 is 20.5 Å². The molecule has 0 saturated carbocycles. The lowest BCUT2D eigenvalue weighted by atomic mass is 10.2. The number of hydrogen-bond donors (Lipinski definition) is 1. The molecular formula is C25H21N5O4S. The number of anilines is 1. The molecule has 35 heavy (non-hydrogen) atoms. The number of para-hydroxylation sites is 2. The minimum absolute atomic E-state index is 0.287. The van der Waals surface area contributed by atoms with Gasteiger partial charge in [-0.05, 0) is 36.4 Å². The molecule has 0 unspecified atom stereocenters. The zero-order chi connectivity index (χ0) is 24.4. The van der Waals surface area contributed by atoms with Crippen molar-refractivity contribution in [3.05, 3.63) is 83.3 Å². The third-order valence-corrected chi connectivity index (χ3v) is 6.28. The zero-order valence-electron chi connectivity index (χ0n) is 19.0. The summed E-state index contributed by atoms with van der Waals surface area (Å²) in [5.41, 5.74) is 1.66. The summed E-state index contributed by atoms with van der Waals surface area (Å²) in [5.74, 6) is 0.598. The minimum atomic E-state index is -0.434. The number of carbonyl (C=O) groups is 1. The Labute approximate surface area is 204 Å². The number of carbonyl (C=O) groups excluding carboxylic acids is 1. The largest absolute Gasteiger partial charge is 0.497 e. The van der Waals surface area contributed by atoms with Crippen LogP contribution in [-0.4, -0.2) is 39.3 Å². The van der Waals surface area contributed by atoms with E-state index in [0.29, 0.717) is 38.9 Å². The molecule has 3 aromatic carbocycles. The molecule has 1 amide bonds. The lowest BCUT2D eigenvalue weighted by molar-refractivity contribution is -0.117. The molecule has 0 atom stereocenters. The van der Waals surface area contributed by atoms with E-state index in [0.717, 1.165) is 9.58 Å². The predicted octanol–water partition coefficient (Wildman–Crippen LogP) is 3.85. The second-order valence-corrected chi connectivity index (χ2v) is 8.60. The molecule has 0 fully saturated rings. The van der Waals surface area contributed by atoms with Crippen LogP contribution in [0.4, 0.5) is 5.69 Å². The Kier molecular flexibility index (Phi) is 6.11. The number of methoxy groups -OCH3 is 2. The summed E-state index contributed by atoms with van der Waals surface area (Å²) in [6.45, 7) is -0.287. The van der Waals surface area contributed by atoms with Crippen LogP contribution in [0.3, 0.4) is 0 Å². The molecule has 2 aromatic heterocycles. The molecule has 5 rings (SSSR count). The molecule has 1 N–H and O–H groups in total. The van der Waals surface area contributed by atoms with E-state index in [1.165, 1.54) is 30.4 Å². The van der Waals surface area contributed by atoms with Crippen molar-refractivity contribution in [2.45, 2.75) is 16.5 Å². The van der Waals surface area contributed by atoms with Gasteiger partial charge in [0.25, 0.3) is 0 Å². The highest BCUT2D eigenvalue weighted by Crippen LogP contribution is 2.31. The Bertz CT molecular complexity index is 1600. The molecule has 2 heterocycles. The normalized spacial score (nSPS) is 11.0. The molecular weight excluding hydrogens is 466 g/mol. The van der Waals surface area contributed by atoms with Gasteiger partial charge in [0.2, 0.25) is 5.91 Å². The van der Waals surface area contributed by atoms with Crippen LogP contribution >= 0.6 is 11.8 Å². The monoisotopic (exact) mass is 487 g/mol. The molecule has 0 saturated heterocycles. The maximum Gasteiger partial charge on any atom is 0.351 e. The SMILES string of the molecule is COc1ccc(OC)c(NC(=O)Cn2nc3c(Sc4ccccc4)nc4ccccc4n3c2=O)c1. The van der Waals surface area contributed by atoms with Crippen LogP contribution in [0.5, 0.6) is 11.5 Å². The first-order valence-electron chi connectivity index (χ1n) is 10.7. The highest BCUT2D eigenvalue weighted by Gasteiger charge is 2.19. The Balaban J connectivity index is 1.54. The molecule has 10 heteroatoms. The highest BCUT2D eigenvalue weighted by atomic mass is 32.2. The van der Waals surface area contributed by atoms with Crippen molar-refractivity contribution in [2.24, 2.45) is 0 Å². The Morgan fingerprint density at radius 3 is 2.54 bits per heavy atom. The Morgan fingerprint density at radius 2 is 1.77 bits per heavy atom. The quantitative estimate of drug-likeness (QED) is 0.372. The fourth-order valence-corrected chi connectivity index (χ4v) is 4.56. The van der Waals surface area contributed by atoms with Crippen molar-refractivity contribution < 1.29 is 14.3 Å². The molecule has 5 aromatic rings. The van der Waals surface area contributed by atoms with Crippen molar-refractivity contribution in [1.29, 1.82) is 0 Å². The van der Waals surface area contributed by atoms with Crippen LogP contribution in [0.2, 0.25) is 0 Å². The van der Waals surface area contributed by atoms with Gasteiger partial charge < -0.3 is 14.8 Å². The average Bonchev–Trinajstić information content (AvgIpc) is 3.21. The smallest absolute Gasteiger partial charge is 0.351 e. The second-order valence-electron chi connectivity index (χ2n) is 7.53. The van der Waals surface area contributed by atoms with Gasteiger partial charge >= 0.3 is 5.69 Å². The second kappa shape index (κ2) is 9.51. The van der Waals surface area contributed by atoms with Gasteiger partial charge in [-0.1, -0.05) is 42.1 Å². The number of hydrogen-bond acceptors (Lipinski definition) is 7. The topological polar surface area (TPSA) is 99.8 Å². The van der Waals surface area contributed by atoms with Gasteiger partial charge in [-0.25, -0.2) is 18.9 Å². The Hall–Kier alpha value is -4.31. The first-order chi connectivity index (χ1) is 17.1. The summed E-state index contributed by atoms with van der Waals surface area (Å²) >= 11 is 1.41. The third-order valence-electron chi connectivity index (χ3n) is 5.31.